The normalized spacial score (nSPS) is 20.5. The summed E-state index contributed by atoms with van der Waals surface area (Å²) in [5.41, 5.74) is 0.612. The predicted molar refractivity (Wildman–Crippen MR) is 163 cm³/mol. The fourth-order valence-electron chi connectivity index (χ4n) is 5.80. The summed E-state index contributed by atoms with van der Waals surface area (Å²) in [6.07, 6.45) is 6.10. The van der Waals surface area contributed by atoms with Crippen molar-refractivity contribution in [2.24, 2.45) is 11.8 Å². The van der Waals surface area contributed by atoms with Crippen LogP contribution in [-0.2, 0) is 25.5 Å². The lowest BCUT2D eigenvalue weighted by Crippen LogP contribution is -2.54. The average Bonchev–Trinajstić information content (AvgIpc) is 3.33. The van der Waals surface area contributed by atoms with Crippen LogP contribution in [0.3, 0.4) is 0 Å². The van der Waals surface area contributed by atoms with Crippen LogP contribution in [0, 0.1) is 11.8 Å². The number of hydrogen-bond donors (Lipinski definition) is 2. The second-order valence-corrected chi connectivity index (χ2v) is 12.7. The number of rotatable bonds is 8. The molecular weight excluding hydrogens is 595 g/mol. The Balaban J connectivity index is 1.49. The van der Waals surface area contributed by atoms with Crippen LogP contribution in [0.2, 0.25) is 10.0 Å². The zero-order valence-electron chi connectivity index (χ0n) is 24.8. The van der Waals surface area contributed by atoms with Gasteiger partial charge >= 0.3 is 12.1 Å². The third kappa shape index (κ3) is 8.17. The first kappa shape index (κ1) is 32.5. The molecule has 1 aromatic heterocycles. The van der Waals surface area contributed by atoms with E-state index >= 15 is 0 Å². The van der Waals surface area contributed by atoms with Crippen LogP contribution in [-0.4, -0.2) is 64.6 Å². The number of halogens is 2. The van der Waals surface area contributed by atoms with E-state index in [4.69, 9.17) is 32.7 Å². The topological polar surface area (TPSA) is 127 Å². The number of likely N-dealkylation sites (tertiary alicyclic amines) is 1. The number of fused-ring (bicyclic) bond motifs is 1. The minimum Gasteiger partial charge on any atom is -0.464 e. The third-order valence-electron chi connectivity index (χ3n) is 7.66. The van der Waals surface area contributed by atoms with Crippen molar-refractivity contribution in [1.82, 2.24) is 15.2 Å². The number of carbonyl (C=O) groups excluding carboxylic acids is 4. The van der Waals surface area contributed by atoms with E-state index in [9.17, 15) is 19.2 Å². The summed E-state index contributed by atoms with van der Waals surface area (Å²) >= 11 is 12.2. The second-order valence-electron chi connectivity index (χ2n) is 11.9. The van der Waals surface area contributed by atoms with Gasteiger partial charge in [-0.1, -0.05) is 48.2 Å². The lowest BCUT2D eigenvalue weighted by Gasteiger charge is -2.31. The number of ether oxygens (including phenoxy) is 2. The highest BCUT2D eigenvalue weighted by Crippen LogP contribution is 2.41. The largest absolute Gasteiger partial charge is 0.464 e. The smallest absolute Gasteiger partial charge is 0.410 e. The third-order valence-corrected chi connectivity index (χ3v) is 8.23. The molecule has 10 nitrogen and oxygen atoms in total. The maximum Gasteiger partial charge on any atom is 0.410 e. The molecule has 0 radical (unpaired) electrons. The monoisotopic (exact) mass is 632 g/mol. The fourth-order valence-corrected chi connectivity index (χ4v) is 6.33. The number of nitrogens with zero attached hydrogens (tertiary/aromatic N) is 2. The van der Waals surface area contributed by atoms with Gasteiger partial charge < -0.3 is 20.1 Å². The molecule has 2 aliphatic rings. The van der Waals surface area contributed by atoms with Crippen LogP contribution in [0.25, 0.3) is 0 Å². The first-order valence-electron chi connectivity index (χ1n) is 14.5. The Morgan fingerprint density at radius 3 is 2.33 bits per heavy atom. The van der Waals surface area contributed by atoms with Crippen molar-refractivity contribution in [3.8, 4) is 0 Å². The quantitative estimate of drug-likeness (QED) is 0.360. The van der Waals surface area contributed by atoms with Gasteiger partial charge in [0.1, 0.15) is 17.7 Å². The van der Waals surface area contributed by atoms with Gasteiger partial charge in [0.2, 0.25) is 5.91 Å². The van der Waals surface area contributed by atoms with E-state index in [1.165, 1.54) is 17.3 Å². The molecule has 1 aliphatic carbocycles. The van der Waals surface area contributed by atoms with Crippen LogP contribution in [0.1, 0.15) is 69.3 Å². The molecule has 2 unspecified atom stereocenters. The highest BCUT2D eigenvalue weighted by molar-refractivity contribution is 6.40. The summed E-state index contributed by atoms with van der Waals surface area (Å²) in [5.74, 6) is -1.26. The van der Waals surface area contributed by atoms with E-state index in [-0.39, 0.29) is 40.5 Å². The van der Waals surface area contributed by atoms with Gasteiger partial charge in [0.05, 0.1) is 22.2 Å². The molecule has 1 saturated carbocycles. The summed E-state index contributed by atoms with van der Waals surface area (Å²) in [6, 6.07) is 5.11. The Labute approximate surface area is 261 Å². The molecule has 43 heavy (non-hydrogen) atoms. The lowest BCUT2D eigenvalue weighted by molar-refractivity contribution is -0.148. The van der Waals surface area contributed by atoms with Gasteiger partial charge in [0.15, 0.2) is 0 Å². The number of benzene rings is 1. The Hall–Kier alpha value is -3.37. The van der Waals surface area contributed by atoms with Gasteiger partial charge in [-0.15, -0.1) is 0 Å². The van der Waals surface area contributed by atoms with Crippen molar-refractivity contribution in [2.75, 3.05) is 18.5 Å². The van der Waals surface area contributed by atoms with Crippen molar-refractivity contribution in [3.05, 3.63) is 57.8 Å². The highest BCUT2D eigenvalue weighted by Gasteiger charge is 2.49. The molecule has 0 bridgehead atoms. The van der Waals surface area contributed by atoms with E-state index in [1.807, 2.05) is 0 Å². The Morgan fingerprint density at radius 1 is 1.05 bits per heavy atom. The molecule has 1 aliphatic heterocycles. The number of aromatic nitrogens is 1. The Kier molecular flexibility index (Phi) is 10.6. The van der Waals surface area contributed by atoms with Gasteiger partial charge in [0, 0.05) is 31.0 Å². The molecule has 2 heterocycles. The molecule has 4 rings (SSSR count). The number of nitrogens with one attached hydrogen (secondary N) is 2. The van der Waals surface area contributed by atoms with Gasteiger partial charge in [-0.25, -0.2) is 9.59 Å². The van der Waals surface area contributed by atoms with Crippen LogP contribution in [0.5, 0.6) is 0 Å². The van der Waals surface area contributed by atoms with E-state index in [0.717, 1.165) is 31.2 Å². The molecule has 1 aromatic carbocycles. The number of carbonyl (C=O) groups is 4. The number of hydrogen-bond acceptors (Lipinski definition) is 7. The summed E-state index contributed by atoms with van der Waals surface area (Å²) in [6.45, 7) is 7.67. The van der Waals surface area contributed by atoms with Crippen molar-refractivity contribution in [2.45, 2.75) is 77.5 Å². The maximum atomic E-state index is 13.8. The van der Waals surface area contributed by atoms with E-state index in [2.05, 4.69) is 15.6 Å². The maximum absolute atomic E-state index is 13.8. The van der Waals surface area contributed by atoms with Crippen LogP contribution in [0.15, 0.2) is 36.7 Å². The summed E-state index contributed by atoms with van der Waals surface area (Å²) in [7, 11) is 0. The number of anilines is 1. The fraction of sp³-hybridized carbons (Fsp3) is 0.516. The minimum absolute atomic E-state index is 0.00517. The zero-order chi connectivity index (χ0) is 31.3. The molecule has 232 valence electrons. The summed E-state index contributed by atoms with van der Waals surface area (Å²) in [4.78, 5) is 58.1. The van der Waals surface area contributed by atoms with Gasteiger partial charge in [0.25, 0.3) is 5.91 Å². The van der Waals surface area contributed by atoms with Crippen molar-refractivity contribution < 1.29 is 28.7 Å². The van der Waals surface area contributed by atoms with Crippen molar-refractivity contribution >= 4 is 52.8 Å². The Bertz CT molecular complexity index is 1330. The lowest BCUT2D eigenvalue weighted by atomic mass is 9.78. The molecule has 2 fully saturated rings. The van der Waals surface area contributed by atoms with E-state index in [1.54, 1.807) is 52.0 Å². The Morgan fingerprint density at radius 2 is 1.70 bits per heavy atom. The van der Waals surface area contributed by atoms with Crippen molar-refractivity contribution in [1.29, 1.82) is 0 Å². The number of esters is 1. The average molecular weight is 634 g/mol. The molecule has 0 spiro atoms. The molecule has 3 amide bonds. The number of amides is 3. The van der Waals surface area contributed by atoms with Gasteiger partial charge in [-0.05, 0) is 70.1 Å². The standard InChI is InChI=1S/C31H38Cl2N4O6/c1-5-42-29(40)24(14-18-10-12-20(13-11-18)35-27(38)25-22(32)15-34-16-23(25)33)36-28(39)26-21-9-7-6-8-19(21)17-37(26)30(41)43-31(2,3)4/h10-13,15-16,19,21,24,26H,5-9,14,17H2,1-4H3,(H,35,38)(H,36,39)/t19?,21?,24-,26-/m0/s1. The van der Waals surface area contributed by atoms with E-state index in [0.29, 0.717) is 12.2 Å². The summed E-state index contributed by atoms with van der Waals surface area (Å²) < 4.78 is 10.9. The molecule has 2 aromatic rings. The van der Waals surface area contributed by atoms with Gasteiger partial charge in [-0.3, -0.25) is 19.5 Å². The zero-order valence-corrected chi connectivity index (χ0v) is 26.3. The first-order chi connectivity index (χ1) is 20.4. The van der Waals surface area contributed by atoms with E-state index < -0.39 is 41.6 Å². The molecule has 2 N–H and O–H groups in total. The van der Waals surface area contributed by atoms with Gasteiger partial charge in [-0.2, -0.15) is 0 Å². The molecular formula is C31H38Cl2N4O6. The SMILES string of the molecule is CCOC(=O)[C@H](Cc1ccc(NC(=O)c2c(Cl)cncc2Cl)cc1)NC(=O)[C@@H]1C2CCCCC2CN1C(=O)OC(C)(C)C. The van der Waals surface area contributed by atoms with Crippen LogP contribution < -0.4 is 10.6 Å². The van der Waals surface area contributed by atoms with Crippen LogP contribution >= 0.6 is 23.2 Å². The number of pyridine rings is 1. The minimum atomic E-state index is -0.981. The van der Waals surface area contributed by atoms with Crippen LogP contribution in [0.4, 0.5) is 10.5 Å². The highest BCUT2D eigenvalue weighted by atomic mass is 35.5. The summed E-state index contributed by atoms with van der Waals surface area (Å²) in [5, 5.41) is 5.88. The second kappa shape index (κ2) is 13.9. The molecule has 12 heteroatoms. The predicted octanol–water partition coefficient (Wildman–Crippen LogP) is 5.66. The molecule has 1 saturated heterocycles. The first-order valence-corrected chi connectivity index (χ1v) is 15.3. The molecule has 4 atom stereocenters. The van der Waals surface area contributed by atoms with Crippen molar-refractivity contribution in [3.63, 3.8) is 0 Å².